The Bertz CT molecular complexity index is 489. The van der Waals surface area contributed by atoms with E-state index in [2.05, 4.69) is 0 Å². The molecule has 0 bridgehead atoms. The monoisotopic (exact) mass is 274 g/mol. The van der Waals surface area contributed by atoms with Gasteiger partial charge in [0, 0.05) is 6.42 Å². The van der Waals surface area contributed by atoms with Gasteiger partial charge in [-0.2, -0.15) is 8.78 Å². The number of carbonyl (C=O) groups is 1. The molecule has 1 heterocycles. The van der Waals surface area contributed by atoms with Crippen molar-refractivity contribution < 1.29 is 33.3 Å². The number of aliphatic carboxylic acids is 1. The highest BCUT2D eigenvalue weighted by atomic mass is 19.3. The van der Waals surface area contributed by atoms with Gasteiger partial charge >= 0.3 is 11.9 Å². The number of rotatable bonds is 3. The zero-order valence-electron chi connectivity index (χ0n) is 9.81. The zero-order chi connectivity index (χ0) is 14.0. The van der Waals surface area contributed by atoms with E-state index in [-0.39, 0.29) is 11.3 Å². The van der Waals surface area contributed by atoms with E-state index in [0.717, 1.165) is 0 Å². The molecule has 1 unspecified atom stereocenters. The lowest BCUT2D eigenvalue weighted by molar-refractivity contribution is -0.182. The fourth-order valence-corrected chi connectivity index (χ4v) is 1.68. The first kappa shape index (κ1) is 13.5. The summed E-state index contributed by atoms with van der Waals surface area (Å²) in [5.74, 6) is -6.05. The Morgan fingerprint density at radius 1 is 1.26 bits per heavy atom. The Kier molecular flexibility index (Phi) is 3.57. The van der Waals surface area contributed by atoms with Gasteiger partial charge < -0.3 is 19.7 Å². The predicted molar refractivity (Wildman–Crippen MR) is 59.6 cm³/mol. The largest absolute Gasteiger partial charge is 0.490 e. The summed E-state index contributed by atoms with van der Waals surface area (Å²) in [4.78, 5) is 10.4. The summed E-state index contributed by atoms with van der Waals surface area (Å²) < 4.78 is 37.0. The minimum Gasteiger partial charge on any atom is -0.490 e. The maximum atomic E-state index is 13.2. The lowest BCUT2D eigenvalue weighted by Gasteiger charge is -2.19. The number of halogens is 2. The summed E-state index contributed by atoms with van der Waals surface area (Å²) in [5.41, 5.74) is -0.239. The van der Waals surface area contributed by atoms with Crippen LogP contribution in [0.4, 0.5) is 8.78 Å². The van der Waals surface area contributed by atoms with E-state index >= 15 is 0 Å². The SMILES string of the molecule is O=C(O)C(F)(F)C(O)c1ccc2c(c1)OCCCO2. The average molecular weight is 274 g/mol. The van der Waals surface area contributed by atoms with Crippen LogP contribution >= 0.6 is 0 Å². The second-order valence-electron chi connectivity index (χ2n) is 4.09. The third kappa shape index (κ3) is 2.60. The molecule has 0 saturated heterocycles. The molecule has 1 aromatic carbocycles. The Labute approximate surface area is 107 Å². The number of alkyl halides is 2. The molecule has 19 heavy (non-hydrogen) atoms. The summed E-state index contributed by atoms with van der Waals surface area (Å²) in [6.07, 6.45) is -1.79. The number of hydrogen-bond acceptors (Lipinski definition) is 4. The van der Waals surface area contributed by atoms with Crippen molar-refractivity contribution in [1.82, 2.24) is 0 Å². The van der Waals surface area contributed by atoms with Gasteiger partial charge in [-0.05, 0) is 17.7 Å². The highest BCUT2D eigenvalue weighted by molar-refractivity contribution is 5.76. The van der Waals surface area contributed by atoms with Crippen LogP contribution in [0.2, 0.25) is 0 Å². The quantitative estimate of drug-likeness (QED) is 0.875. The Morgan fingerprint density at radius 3 is 2.53 bits per heavy atom. The van der Waals surface area contributed by atoms with Gasteiger partial charge in [0.25, 0.3) is 0 Å². The lowest BCUT2D eigenvalue weighted by atomic mass is 10.0. The van der Waals surface area contributed by atoms with Crippen molar-refractivity contribution in [2.45, 2.75) is 18.4 Å². The second kappa shape index (κ2) is 5.00. The third-order valence-electron chi connectivity index (χ3n) is 2.72. The Balaban J connectivity index is 2.31. The van der Waals surface area contributed by atoms with Crippen LogP contribution in [0, 0.1) is 0 Å². The van der Waals surface area contributed by atoms with Crippen molar-refractivity contribution in [3.8, 4) is 11.5 Å². The molecule has 1 aliphatic heterocycles. The van der Waals surface area contributed by atoms with Crippen LogP contribution in [0.5, 0.6) is 11.5 Å². The minimum absolute atomic E-state index is 0.218. The summed E-state index contributed by atoms with van der Waals surface area (Å²) in [6, 6.07) is 3.73. The van der Waals surface area contributed by atoms with Crippen molar-refractivity contribution in [3.63, 3.8) is 0 Å². The zero-order valence-corrected chi connectivity index (χ0v) is 9.81. The topological polar surface area (TPSA) is 76.0 Å². The molecule has 1 aromatic rings. The van der Waals surface area contributed by atoms with Crippen molar-refractivity contribution in [1.29, 1.82) is 0 Å². The average Bonchev–Trinajstić information content (AvgIpc) is 2.61. The van der Waals surface area contributed by atoms with Crippen molar-refractivity contribution >= 4 is 5.97 Å². The lowest BCUT2D eigenvalue weighted by Crippen LogP contribution is -2.35. The van der Waals surface area contributed by atoms with E-state index in [1.54, 1.807) is 0 Å². The van der Waals surface area contributed by atoms with Crippen molar-refractivity contribution in [2.75, 3.05) is 13.2 Å². The van der Waals surface area contributed by atoms with Gasteiger partial charge in [-0.1, -0.05) is 6.07 Å². The van der Waals surface area contributed by atoms with Gasteiger partial charge in [0.05, 0.1) is 13.2 Å². The number of ether oxygens (including phenoxy) is 2. The van der Waals surface area contributed by atoms with Crippen LogP contribution in [0.15, 0.2) is 18.2 Å². The van der Waals surface area contributed by atoms with Crippen LogP contribution in [0.3, 0.4) is 0 Å². The summed E-state index contributed by atoms with van der Waals surface area (Å²) in [5, 5.41) is 17.9. The molecule has 0 amide bonds. The first-order valence-corrected chi connectivity index (χ1v) is 5.61. The maximum absolute atomic E-state index is 13.2. The second-order valence-corrected chi connectivity index (χ2v) is 4.09. The van der Waals surface area contributed by atoms with Crippen molar-refractivity contribution in [2.24, 2.45) is 0 Å². The predicted octanol–water partition coefficient (Wildman–Crippen LogP) is 1.60. The van der Waals surface area contributed by atoms with E-state index in [4.69, 9.17) is 14.6 Å². The van der Waals surface area contributed by atoms with Gasteiger partial charge in [-0.25, -0.2) is 4.79 Å². The molecule has 0 saturated carbocycles. The van der Waals surface area contributed by atoms with Crippen LogP contribution in [0.1, 0.15) is 18.1 Å². The number of carboxylic acid groups (broad SMARTS) is 1. The molecule has 0 aliphatic carbocycles. The molecule has 2 rings (SSSR count). The number of aliphatic hydroxyl groups excluding tert-OH is 1. The number of hydrogen-bond donors (Lipinski definition) is 2. The molecule has 0 spiro atoms. The van der Waals surface area contributed by atoms with Crippen LogP contribution < -0.4 is 9.47 Å². The maximum Gasteiger partial charge on any atom is 0.377 e. The fourth-order valence-electron chi connectivity index (χ4n) is 1.68. The molecular formula is C12H12F2O5. The molecule has 0 aromatic heterocycles. The minimum atomic E-state index is -4.26. The standard InChI is InChI=1S/C12H12F2O5/c13-12(14,11(16)17)10(15)7-2-3-8-9(6-7)19-5-1-4-18-8/h2-3,6,10,15H,1,4-5H2,(H,16,17). The summed E-state index contributed by atoms with van der Waals surface area (Å²) in [6.45, 7) is 0.808. The van der Waals surface area contributed by atoms with E-state index in [9.17, 15) is 18.7 Å². The third-order valence-corrected chi connectivity index (χ3v) is 2.72. The molecule has 104 valence electrons. The van der Waals surface area contributed by atoms with Crippen LogP contribution in [0.25, 0.3) is 0 Å². The Morgan fingerprint density at radius 2 is 1.89 bits per heavy atom. The number of aliphatic hydroxyl groups is 1. The normalized spacial score (nSPS) is 16.6. The Hall–Kier alpha value is -1.89. The van der Waals surface area contributed by atoms with E-state index < -0.39 is 18.0 Å². The molecule has 5 nitrogen and oxygen atoms in total. The molecule has 0 radical (unpaired) electrons. The van der Waals surface area contributed by atoms with Crippen molar-refractivity contribution in [3.05, 3.63) is 23.8 Å². The van der Waals surface area contributed by atoms with E-state index in [1.165, 1.54) is 18.2 Å². The van der Waals surface area contributed by atoms with Crippen LogP contribution in [-0.4, -0.2) is 35.3 Å². The number of carboxylic acids is 1. The van der Waals surface area contributed by atoms with Gasteiger partial charge in [-0.15, -0.1) is 0 Å². The van der Waals surface area contributed by atoms with Gasteiger partial charge in [0.2, 0.25) is 0 Å². The van der Waals surface area contributed by atoms with Gasteiger partial charge in [0.1, 0.15) is 0 Å². The number of benzene rings is 1. The molecule has 1 aliphatic rings. The molecule has 1 atom stereocenters. The van der Waals surface area contributed by atoms with E-state index in [0.29, 0.717) is 25.4 Å². The first-order chi connectivity index (χ1) is 8.93. The number of fused-ring (bicyclic) bond motifs is 1. The molecule has 0 fully saturated rings. The molecule has 2 N–H and O–H groups in total. The van der Waals surface area contributed by atoms with Gasteiger partial charge in [-0.3, -0.25) is 0 Å². The summed E-state index contributed by atoms with van der Waals surface area (Å²) in [7, 11) is 0. The van der Waals surface area contributed by atoms with Crippen LogP contribution in [-0.2, 0) is 4.79 Å². The summed E-state index contributed by atoms with van der Waals surface area (Å²) >= 11 is 0. The highest BCUT2D eigenvalue weighted by Crippen LogP contribution is 2.37. The molecular weight excluding hydrogens is 262 g/mol. The fraction of sp³-hybridized carbons (Fsp3) is 0.417. The van der Waals surface area contributed by atoms with E-state index in [1.807, 2.05) is 0 Å². The highest BCUT2D eigenvalue weighted by Gasteiger charge is 2.47. The smallest absolute Gasteiger partial charge is 0.377 e. The molecule has 7 heteroatoms. The first-order valence-electron chi connectivity index (χ1n) is 5.61. The van der Waals surface area contributed by atoms with Gasteiger partial charge in [0.15, 0.2) is 17.6 Å².